The van der Waals surface area contributed by atoms with Crippen LogP contribution in [-0.2, 0) is 14.8 Å². The Kier molecular flexibility index (Phi) is 5.41. The molecule has 1 aliphatic rings. The number of benzene rings is 1. The maximum absolute atomic E-state index is 12.9. The third-order valence-electron chi connectivity index (χ3n) is 4.13. The molecule has 0 spiro atoms. The molecule has 0 unspecified atom stereocenters. The molecule has 1 fully saturated rings. The minimum absolute atomic E-state index is 0.196. The van der Waals surface area contributed by atoms with Crippen LogP contribution >= 0.6 is 0 Å². The molecule has 1 aromatic carbocycles. The van der Waals surface area contributed by atoms with Crippen LogP contribution in [0.2, 0.25) is 0 Å². The van der Waals surface area contributed by atoms with Crippen molar-refractivity contribution in [3.8, 4) is 0 Å². The molecule has 1 saturated heterocycles. The summed E-state index contributed by atoms with van der Waals surface area (Å²) in [7, 11) is -1.69. The summed E-state index contributed by atoms with van der Waals surface area (Å²) >= 11 is 0. The largest absolute Gasteiger partial charge is 0.384 e. The summed E-state index contributed by atoms with van der Waals surface area (Å²) in [6.45, 7) is 5.94. The van der Waals surface area contributed by atoms with Gasteiger partial charge in [-0.25, -0.2) is 8.42 Å². The molecule has 0 N–H and O–H groups in total. The third kappa shape index (κ3) is 3.65. The van der Waals surface area contributed by atoms with Crippen LogP contribution in [0.15, 0.2) is 29.2 Å². The smallest absolute Gasteiger partial charge is 0.243 e. The average molecular weight is 311 g/mol. The van der Waals surface area contributed by atoms with E-state index in [9.17, 15) is 8.42 Å². The Morgan fingerprint density at radius 1 is 1.24 bits per heavy atom. The van der Waals surface area contributed by atoms with Gasteiger partial charge in [-0.15, -0.1) is 0 Å². The topological polar surface area (TPSA) is 46.6 Å². The first-order chi connectivity index (χ1) is 9.96. The van der Waals surface area contributed by atoms with Crippen molar-refractivity contribution in [1.82, 2.24) is 4.31 Å². The highest BCUT2D eigenvalue weighted by molar-refractivity contribution is 7.89. The first-order valence-electron chi connectivity index (χ1n) is 7.54. The summed E-state index contributed by atoms with van der Waals surface area (Å²) in [4.78, 5) is 0.463. The summed E-state index contributed by atoms with van der Waals surface area (Å²) in [6.07, 6.45) is 1.74. The predicted molar refractivity (Wildman–Crippen MR) is 83.9 cm³/mol. The van der Waals surface area contributed by atoms with Crippen molar-refractivity contribution in [2.75, 3.05) is 26.8 Å². The molecule has 2 rings (SSSR count). The van der Waals surface area contributed by atoms with Gasteiger partial charge in [-0.05, 0) is 36.3 Å². The lowest BCUT2D eigenvalue weighted by Crippen LogP contribution is -2.39. The molecular weight excluding hydrogens is 286 g/mol. The molecule has 0 bridgehead atoms. The van der Waals surface area contributed by atoms with E-state index >= 15 is 0 Å². The fourth-order valence-corrected chi connectivity index (χ4v) is 4.71. The van der Waals surface area contributed by atoms with Gasteiger partial charge in [-0.3, -0.25) is 0 Å². The molecule has 0 saturated carbocycles. The number of piperidine rings is 1. The van der Waals surface area contributed by atoms with Crippen molar-refractivity contribution in [2.45, 2.75) is 37.5 Å². The Morgan fingerprint density at radius 2 is 1.86 bits per heavy atom. The summed E-state index contributed by atoms with van der Waals surface area (Å²) in [5.41, 5.74) is 0.900. The molecular formula is C16H25NO3S. The number of hydrogen-bond acceptors (Lipinski definition) is 3. The van der Waals surface area contributed by atoms with Crippen LogP contribution < -0.4 is 0 Å². The van der Waals surface area contributed by atoms with E-state index in [0.29, 0.717) is 23.9 Å². The SMILES string of the molecule is COCC1CCN(S(=O)(=O)c2ccccc2C(C)C)CC1. The van der Waals surface area contributed by atoms with Crippen molar-refractivity contribution in [1.29, 1.82) is 0 Å². The Labute approximate surface area is 128 Å². The standard InChI is InChI=1S/C16H25NO3S/c1-13(2)15-6-4-5-7-16(15)21(18,19)17-10-8-14(9-11-17)12-20-3/h4-7,13-14H,8-12H2,1-3H3. The normalized spacial score (nSPS) is 18.3. The maximum atomic E-state index is 12.9. The molecule has 0 aromatic heterocycles. The minimum Gasteiger partial charge on any atom is -0.384 e. The van der Waals surface area contributed by atoms with Crippen molar-refractivity contribution in [3.63, 3.8) is 0 Å². The van der Waals surface area contributed by atoms with E-state index in [0.717, 1.165) is 25.0 Å². The summed E-state index contributed by atoms with van der Waals surface area (Å²) in [6, 6.07) is 7.34. The molecule has 1 aliphatic heterocycles. The lowest BCUT2D eigenvalue weighted by Gasteiger charge is -2.31. The van der Waals surface area contributed by atoms with E-state index in [1.54, 1.807) is 23.5 Å². The van der Waals surface area contributed by atoms with Gasteiger partial charge >= 0.3 is 0 Å². The van der Waals surface area contributed by atoms with Crippen LogP contribution in [0.1, 0.15) is 38.2 Å². The molecule has 1 aromatic rings. The first-order valence-corrected chi connectivity index (χ1v) is 8.98. The zero-order valence-corrected chi connectivity index (χ0v) is 13.9. The molecule has 0 radical (unpaired) electrons. The molecule has 21 heavy (non-hydrogen) atoms. The number of methoxy groups -OCH3 is 1. The van der Waals surface area contributed by atoms with Gasteiger partial charge in [-0.2, -0.15) is 4.31 Å². The Bertz CT molecular complexity index is 561. The van der Waals surface area contributed by atoms with Gasteiger partial charge in [0, 0.05) is 26.8 Å². The van der Waals surface area contributed by atoms with Crippen LogP contribution in [0.4, 0.5) is 0 Å². The van der Waals surface area contributed by atoms with Crippen molar-refractivity contribution in [3.05, 3.63) is 29.8 Å². The van der Waals surface area contributed by atoms with E-state index in [1.807, 2.05) is 26.0 Å². The number of rotatable bonds is 5. The monoisotopic (exact) mass is 311 g/mol. The number of sulfonamides is 1. The van der Waals surface area contributed by atoms with Crippen molar-refractivity contribution < 1.29 is 13.2 Å². The van der Waals surface area contributed by atoms with E-state index in [-0.39, 0.29) is 5.92 Å². The number of hydrogen-bond donors (Lipinski definition) is 0. The quantitative estimate of drug-likeness (QED) is 0.840. The zero-order chi connectivity index (χ0) is 15.5. The van der Waals surface area contributed by atoms with Gasteiger partial charge < -0.3 is 4.74 Å². The van der Waals surface area contributed by atoms with Gasteiger partial charge in [0.15, 0.2) is 0 Å². The predicted octanol–water partition coefficient (Wildman–Crippen LogP) is 2.86. The molecule has 5 heteroatoms. The second kappa shape index (κ2) is 6.90. The van der Waals surface area contributed by atoms with Gasteiger partial charge in [0.1, 0.15) is 0 Å². The molecule has 0 amide bonds. The summed E-state index contributed by atoms with van der Waals surface area (Å²) in [5.74, 6) is 0.670. The van der Waals surface area contributed by atoms with Crippen LogP contribution in [0.25, 0.3) is 0 Å². The maximum Gasteiger partial charge on any atom is 0.243 e. The van der Waals surface area contributed by atoms with E-state index in [4.69, 9.17) is 4.74 Å². The highest BCUT2D eigenvalue weighted by atomic mass is 32.2. The van der Waals surface area contributed by atoms with Crippen LogP contribution in [0, 0.1) is 5.92 Å². The average Bonchev–Trinajstić information content (AvgIpc) is 2.48. The second-order valence-corrected chi connectivity index (χ2v) is 7.90. The Morgan fingerprint density at radius 3 is 2.43 bits per heavy atom. The van der Waals surface area contributed by atoms with Crippen LogP contribution in [0.5, 0.6) is 0 Å². The fraction of sp³-hybridized carbons (Fsp3) is 0.625. The lowest BCUT2D eigenvalue weighted by molar-refractivity contribution is 0.121. The van der Waals surface area contributed by atoms with Gasteiger partial charge in [0.2, 0.25) is 10.0 Å². The van der Waals surface area contributed by atoms with Gasteiger partial charge in [-0.1, -0.05) is 32.0 Å². The molecule has 4 nitrogen and oxygen atoms in total. The van der Waals surface area contributed by atoms with Crippen LogP contribution in [0.3, 0.4) is 0 Å². The summed E-state index contributed by atoms with van der Waals surface area (Å²) in [5, 5.41) is 0. The lowest BCUT2D eigenvalue weighted by atomic mass is 9.99. The Balaban J connectivity index is 2.20. The molecule has 0 atom stereocenters. The number of nitrogens with zero attached hydrogens (tertiary/aromatic N) is 1. The minimum atomic E-state index is -3.38. The molecule has 118 valence electrons. The second-order valence-electron chi connectivity index (χ2n) is 6.00. The van der Waals surface area contributed by atoms with Crippen molar-refractivity contribution in [2.24, 2.45) is 5.92 Å². The summed E-state index contributed by atoms with van der Waals surface area (Å²) < 4.78 is 32.5. The Hall–Kier alpha value is -0.910. The van der Waals surface area contributed by atoms with Crippen molar-refractivity contribution >= 4 is 10.0 Å². The van der Waals surface area contributed by atoms with E-state index in [2.05, 4.69) is 0 Å². The highest BCUT2D eigenvalue weighted by Gasteiger charge is 2.31. The van der Waals surface area contributed by atoms with E-state index in [1.165, 1.54) is 0 Å². The molecule has 1 heterocycles. The zero-order valence-electron chi connectivity index (χ0n) is 13.1. The highest BCUT2D eigenvalue weighted by Crippen LogP contribution is 2.29. The first kappa shape index (κ1) is 16.5. The van der Waals surface area contributed by atoms with Gasteiger partial charge in [0.25, 0.3) is 0 Å². The fourth-order valence-electron chi connectivity index (χ4n) is 2.88. The van der Waals surface area contributed by atoms with E-state index < -0.39 is 10.0 Å². The molecule has 0 aliphatic carbocycles. The van der Waals surface area contributed by atoms with Crippen LogP contribution in [-0.4, -0.2) is 39.5 Å². The van der Waals surface area contributed by atoms with Gasteiger partial charge in [0.05, 0.1) is 4.90 Å². The third-order valence-corrected chi connectivity index (χ3v) is 6.11. The number of ether oxygens (including phenoxy) is 1.